The number of hydrogen-bond donors (Lipinski definition) is 3. The summed E-state index contributed by atoms with van der Waals surface area (Å²) in [7, 11) is 0. The van der Waals surface area contributed by atoms with Gasteiger partial charge >= 0.3 is 12.0 Å². The molecule has 0 saturated heterocycles. The van der Waals surface area contributed by atoms with E-state index in [2.05, 4.69) is 15.6 Å². The van der Waals surface area contributed by atoms with Crippen LogP contribution in [0.15, 0.2) is 85.3 Å². The summed E-state index contributed by atoms with van der Waals surface area (Å²) in [6, 6.07) is 22.8. The maximum absolute atomic E-state index is 12.3. The minimum Gasteiger partial charge on any atom is -0.481 e. The Labute approximate surface area is 198 Å². The van der Waals surface area contributed by atoms with Gasteiger partial charge in [0, 0.05) is 36.1 Å². The van der Waals surface area contributed by atoms with Crippen LogP contribution in [0.4, 0.5) is 16.2 Å². The second-order valence-corrected chi connectivity index (χ2v) is 8.11. The fourth-order valence-electron chi connectivity index (χ4n) is 3.59. The number of imidazole rings is 1. The number of para-hydroxylation sites is 1. The highest BCUT2D eigenvalue weighted by Gasteiger charge is 2.07. The Bertz CT molecular complexity index is 1280. The number of amides is 2. The molecule has 1 heterocycles. The molecule has 4 rings (SSSR count). The number of aromatic nitrogens is 2. The summed E-state index contributed by atoms with van der Waals surface area (Å²) in [6.45, 7) is 2.62. The van der Waals surface area contributed by atoms with Gasteiger partial charge in [-0.2, -0.15) is 0 Å². The second-order valence-electron chi connectivity index (χ2n) is 8.11. The highest BCUT2D eigenvalue weighted by molar-refractivity contribution is 6.00. The number of rotatable bonds is 8. The van der Waals surface area contributed by atoms with Gasteiger partial charge in [0.25, 0.3) is 0 Å². The summed E-state index contributed by atoms with van der Waals surface area (Å²) in [6.07, 6.45) is 4.43. The van der Waals surface area contributed by atoms with E-state index in [1.807, 2.05) is 90.5 Å². The van der Waals surface area contributed by atoms with Gasteiger partial charge in [0.2, 0.25) is 0 Å². The summed E-state index contributed by atoms with van der Waals surface area (Å²) < 4.78 is 2.00. The van der Waals surface area contributed by atoms with Crippen molar-refractivity contribution in [3.63, 3.8) is 0 Å². The fraction of sp³-hybridized carbons (Fsp3) is 0.148. The van der Waals surface area contributed by atoms with Crippen LogP contribution in [-0.4, -0.2) is 26.7 Å². The largest absolute Gasteiger partial charge is 0.481 e. The molecule has 0 unspecified atom stereocenters. The smallest absolute Gasteiger partial charge is 0.323 e. The summed E-state index contributed by atoms with van der Waals surface area (Å²) in [4.78, 5) is 27.5. The van der Waals surface area contributed by atoms with Crippen LogP contribution in [0.3, 0.4) is 0 Å². The highest BCUT2D eigenvalue weighted by Crippen LogP contribution is 2.21. The van der Waals surface area contributed by atoms with Crippen molar-refractivity contribution in [1.29, 1.82) is 0 Å². The van der Waals surface area contributed by atoms with Crippen molar-refractivity contribution in [2.45, 2.75) is 26.3 Å². The predicted molar refractivity (Wildman–Crippen MR) is 133 cm³/mol. The van der Waals surface area contributed by atoms with Crippen LogP contribution in [0.25, 0.3) is 11.3 Å². The van der Waals surface area contributed by atoms with Crippen LogP contribution >= 0.6 is 0 Å². The molecule has 34 heavy (non-hydrogen) atoms. The van der Waals surface area contributed by atoms with Crippen LogP contribution in [0.5, 0.6) is 0 Å². The molecule has 0 aliphatic carbocycles. The molecule has 3 aromatic carbocycles. The topological polar surface area (TPSA) is 96.2 Å². The molecule has 0 spiro atoms. The average Bonchev–Trinajstić information content (AvgIpc) is 3.29. The highest BCUT2D eigenvalue weighted by atomic mass is 16.4. The lowest BCUT2D eigenvalue weighted by atomic mass is 10.1. The van der Waals surface area contributed by atoms with Crippen molar-refractivity contribution in [2.75, 3.05) is 10.6 Å². The predicted octanol–water partition coefficient (Wildman–Crippen LogP) is 5.57. The average molecular weight is 455 g/mol. The van der Waals surface area contributed by atoms with Gasteiger partial charge in [-0.05, 0) is 48.2 Å². The number of carbonyl (C=O) groups excluding carboxylic acids is 1. The number of carboxylic acids is 1. The number of carboxylic acid groups (broad SMARTS) is 1. The third-order valence-corrected chi connectivity index (χ3v) is 5.48. The Balaban J connectivity index is 1.34. The monoisotopic (exact) mass is 454 g/mol. The summed E-state index contributed by atoms with van der Waals surface area (Å²) in [5.41, 5.74) is 6.38. The molecule has 0 saturated carbocycles. The van der Waals surface area contributed by atoms with Crippen molar-refractivity contribution < 1.29 is 14.7 Å². The minimum absolute atomic E-state index is 0.135. The van der Waals surface area contributed by atoms with Crippen LogP contribution < -0.4 is 10.6 Å². The Morgan fingerprint density at radius 2 is 1.62 bits per heavy atom. The Kier molecular flexibility index (Phi) is 7.03. The van der Waals surface area contributed by atoms with Gasteiger partial charge < -0.3 is 20.3 Å². The SMILES string of the molecule is Cc1ccccc1NC(=O)Nc1ccc(-c2cn(Cc3ccc(CCC(=O)O)cc3)cn2)cc1. The van der Waals surface area contributed by atoms with Gasteiger partial charge in [0.1, 0.15) is 0 Å². The van der Waals surface area contributed by atoms with E-state index in [1.54, 1.807) is 6.33 Å². The van der Waals surface area contributed by atoms with E-state index < -0.39 is 5.97 Å². The maximum atomic E-state index is 12.3. The fourth-order valence-corrected chi connectivity index (χ4v) is 3.59. The van der Waals surface area contributed by atoms with Crippen LogP contribution in [0.2, 0.25) is 0 Å². The second kappa shape index (κ2) is 10.5. The number of hydrogen-bond acceptors (Lipinski definition) is 3. The number of carbonyl (C=O) groups is 2. The van der Waals surface area contributed by atoms with Gasteiger partial charge in [-0.25, -0.2) is 9.78 Å². The van der Waals surface area contributed by atoms with E-state index in [9.17, 15) is 9.59 Å². The molecule has 0 radical (unpaired) electrons. The standard InChI is InChI=1S/C27H26N4O3/c1-19-4-2-3-5-24(19)30-27(34)29-23-13-11-22(12-14-23)25-17-31(18-28-25)16-21-8-6-20(7-9-21)10-15-26(32)33/h2-9,11-14,17-18H,10,15-16H2,1H3,(H,32,33)(H2,29,30,34). The number of nitrogens with one attached hydrogen (secondary N) is 2. The molecule has 172 valence electrons. The molecular formula is C27H26N4O3. The molecule has 2 amide bonds. The Hall–Kier alpha value is -4.39. The van der Waals surface area contributed by atoms with E-state index in [0.29, 0.717) is 18.7 Å². The summed E-state index contributed by atoms with van der Waals surface area (Å²) in [5, 5.41) is 14.5. The van der Waals surface area contributed by atoms with E-state index in [-0.39, 0.29) is 12.5 Å². The molecule has 0 fully saturated rings. The zero-order valence-corrected chi connectivity index (χ0v) is 18.9. The maximum Gasteiger partial charge on any atom is 0.323 e. The first kappa shape index (κ1) is 22.8. The minimum atomic E-state index is -0.788. The molecular weight excluding hydrogens is 428 g/mol. The molecule has 4 aromatic rings. The van der Waals surface area contributed by atoms with E-state index in [1.165, 1.54) is 0 Å². The molecule has 0 bridgehead atoms. The summed E-state index contributed by atoms with van der Waals surface area (Å²) >= 11 is 0. The van der Waals surface area contributed by atoms with Gasteiger partial charge in [-0.1, -0.05) is 54.6 Å². The quantitative estimate of drug-likeness (QED) is 0.324. The van der Waals surface area contributed by atoms with Crippen molar-refractivity contribution in [3.8, 4) is 11.3 Å². The van der Waals surface area contributed by atoms with Gasteiger partial charge in [0.05, 0.1) is 12.0 Å². The lowest BCUT2D eigenvalue weighted by molar-refractivity contribution is -0.136. The number of anilines is 2. The molecule has 7 nitrogen and oxygen atoms in total. The number of aryl methyl sites for hydroxylation is 2. The van der Waals surface area contributed by atoms with Crippen molar-refractivity contribution in [3.05, 3.63) is 102 Å². The number of aliphatic carboxylic acids is 1. The molecule has 7 heteroatoms. The first-order valence-electron chi connectivity index (χ1n) is 11.0. The first-order valence-corrected chi connectivity index (χ1v) is 11.0. The van der Waals surface area contributed by atoms with E-state index >= 15 is 0 Å². The number of benzene rings is 3. The van der Waals surface area contributed by atoms with Gasteiger partial charge in [-0.3, -0.25) is 4.79 Å². The van der Waals surface area contributed by atoms with Crippen LogP contribution in [0.1, 0.15) is 23.1 Å². The molecule has 3 N–H and O–H groups in total. The lowest BCUT2D eigenvalue weighted by Crippen LogP contribution is -2.19. The van der Waals surface area contributed by atoms with Crippen LogP contribution in [0, 0.1) is 6.92 Å². The number of nitrogens with zero attached hydrogens (tertiary/aromatic N) is 2. The zero-order valence-electron chi connectivity index (χ0n) is 18.9. The van der Waals surface area contributed by atoms with E-state index in [4.69, 9.17) is 5.11 Å². The van der Waals surface area contributed by atoms with Crippen LogP contribution in [-0.2, 0) is 17.8 Å². The Morgan fingerprint density at radius 1 is 0.912 bits per heavy atom. The zero-order chi connectivity index (χ0) is 23.9. The van der Waals surface area contributed by atoms with Gasteiger partial charge in [0.15, 0.2) is 0 Å². The summed E-state index contributed by atoms with van der Waals surface area (Å²) in [5.74, 6) is -0.788. The normalized spacial score (nSPS) is 10.6. The molecule has 1 aromatic heterocycles. The Morgan fingerprint density at radius 3 is 2.32 bits per heavy atom. The first-order chi connectivity index (χ1) is 16.5. The van der Waals surface area contributed by atoms with Crippen molar-refractivity contribution in [1.82, 2.24) is 9.55 Å². The van der Waals surface area contributed by atoms with E-state index in [0.717, 1.165) is 33.6 Å². The van der Waals surface area contributed by atoms with Crippen molar-refractivity contribution in [2.24, 2.45) is 0 Å². The lowest BCUT2D eigenvalue weighted by Gasteiger charge is -2.10. The van der Waals surface area contributed by atoms with Gasteiger partial charge in [-0.15, -0.1) is 0 Å². The molecule has 0 aliphatic heterocycles. The van der Waals surface area contributed by atoms with Crippen molar-refractivity contribution >= 4 is 23.4 Å². The molecule has 0 aliphatic rings. The third-order valence-electron chi connectivity index (χ3n) is 5.48. The third kappa shape index (κ3) is 6.10. The molecule has 0 atom stereocenters. The number of urea groups is 1.